The molecule has 2 aromatic carbocycles. The highest BCUT2D eigenvalue weighted by Crippen LogP contribution is 2.23. The molecule has 0 unspecified atom stereocenters. The van der Waals surface area contributed by atoms with Gasteiger partial charge in [0.2, 0.25) is 0 Å². The molecular formula is C17H17ClO4. The van der Waals surface area contributed by atoms with E-state index in [1.807, 2.05) is 24.3 Å². The summed E-state index contributed by atoms with van der Waals surface area (Å²) in [5.74, 6) is -0.0363. The topological polar surface area (TPSA) is 55.8 Å². The summed E-state index contributed by atoms with van der Waals surface area (Å²) in [7, 11) is 0. The number of carbonyl (C=O) groups is 1. The van der Waals surface area contributed by atoms with Crippen LogP contribution in [-0.4, -0.2) is 24.3 Å². The molecule has 5 heteroatoms. The molecule has 116 valence electrons. The smallest absolute Gasteiger partial charge is 0.339 e. The Kier molecular flexibility index (Phi) is 5.67. The van der Waals surface area contributed by atoms with Gasteiger partial charge in [0.15, 0.2) is 0 Å². The van der Waals surface area contributed by atoms with Crippen molar-refractivity contribution < 1.29 is 19.4 Å². The van der Waals surface area contributed by atoms with Crippen molar-refractivity contribution in [2.45, 2.75) is 13.3 Å². The number of carboxylic acids is 1. The molecule has 4 nitrogen and oxygen atoms in total. The Morgan fingerprint density at radius 2 is 1.77 bits per heavy atom. The van der Waals surface area contributed by atoms with Crippen molar-refractivity contribution in [1.82, 2.24) is 0 Å². The van der Waals surface area contributed by atoms with Gasteiger partial charge in [-0.2, -0.15) is 0 Å². The Labute approximate surface area is 134 Å². The van der Waals surface area contributed by atoms with Crippen LogP contribution in [0.1, 0.15) is 22.8 Å². The molecule has 1 N–H and O–H groups in total. The first-order chi connectivity index (χ1) is 10.6. The molecule has 0 aliphatic rings. The molecule has 0 atom stereocenters. The zero-order chi connectivity index (χ0) is 15.9. The van der Waals surface area contributed by atoms with Crippen LogP contribution in [0.3, 0.4) is 0 Å². The van der Waals surface area contributed by atoms with Crippen LogP contribution in [0.2, 0.25) is 5.02 Å². The number of rotatable bonds is 7. The Balaban J connectivity index is 1.87. The molecular weight excluding hydrogens is 304 g/mol. The Bertz CT molecular complexity index is 638. The standard InChI is InChI=1S/C17H17ClO4/c1-2-12-3-6-14(7-4-12)21-9-10-22-16-8-5-13(18)11-15(16)17(19)20/h3-8,11H,2,9-10H2,1H3,(H,19,20). The van der Waals surface area contributed by atoms with Crippen molar-refractivity contribution in [3.05, 3.63) is 58.6 Å². The average Bonchev–Trinajstić information content (AvgIpc) is 2.53. The van der Waals surface area contributed by atoms with Crippen molar-refractivity contribution in [3.63, 3.8) is 0 Å². The molecule has 2 aromatic rings. The Morgan fingerprint density at radius 1 is 1.09 bits per heavy atom. The number of ether oxygens (including phenoxy) is 2. The summed E-state index contributed by atoms with van der Waals surface area (Å²) in [5.41, 5.74) is 1.29. The van der Waals surface area contributed by atoms with Gasteiger partial charge in [0, 0.05) is 5.02 Å². The second-order valence-electron chi connectivity index (χ2n) is 4.64. The molecule has 0 aromatic heterocycles. The van der Waals surface area contributed by atoms with Gasteiger partial charge in [-0.15, -0.1) is 0 Å². The van der Waals surface area contributed by atoms with Crippen LogP contribution in [0, 0.1) is 0 Å². The first kappa shape index (κ1) is 16.2. The van der Waals surface area contributed by atoms with E-state index < -0.39 is 5.97 Å². The number of hydrogen-bond acceptors (Lipinski definition) is 3. The zero-order valence-electron chi connectivity index (χ0n) is 12.2. The summed E-state index contributed by atoms with van der Waals surface area (Å²) in [5, 5.41) is 9.46. The molecule has 0 aliphatic carbocycles. The van der Waals surface area contributed by atoms with Gasteiger partial charge >= 0.3 is 5.97 Å². The van der Waals surface area contributed by atoms with Gasteiger partial charge in [0.05, 0.1) is 0 Å². The summed E-state index contributed by atoms with van der Waals surface area (Å²) in [6, 6.07) is 12.3. The molecule has 0 radical (unpaired) electrons. The molecule has 2 rings (SSSR count). The number of hydrogen-bond donors (Lipinski definition) is 1. The Morgan fingerprint density at radius 3 is 2.41 bits per heavy atom. The number of carboxylic acid groups (broad SMARTS) is 1. The van der Waals surface area contributed by atoms with Gasteiger partial charge in [-0.1, -0.05) is 30.7 Å². The average molecular weight is 321 g/mol. The first-order valence-corrected chi connectivity index (χ1v) is 7.35. The van der Waals surface area contributed by atoms with Crippen LogP contribution in [0.4, 0.5) is 0 Å². The van der Waals surface area contributed by atoms with E-state index in [0.717, 1.165) is 12.2 Å². The van der Waals surface area contributed by atoms with Crippen molar-refractivity contribution in [3.8, 4) is 11.5 Å². The van der Waals surface area contributed by atoms with E-state index in [-0.39, 0.29) is 17.9 Å². The molecule has 0 heterocycles. The van der Waals surface area contributed by atoms with E-state index in [9.17, 15) is 4.79 Å². The minimum absolute atomic E-state index is 0.0415. The van der Waals surface area contributed by atoms with E-state index in [0.29, 0.717) is 11.6 Å². The highest BCUT2D eigenvalue weighted by molar-refractivity contribution is 6.31. The molecule has 0 saturated heterocycles. The van der Waals surface area contributed by atoms with Crippen LogP contribution >= 0.6 is 11.6 Å². The number of benzene rings is 2. The lowest BCUT2D eigenvalue weighted by Gasteiger charge is -2.11. The van der Waals surface area contributed by atoms with Crippen molar-refractivity contribution in [2.24, 2.45) is 0 Å². The second-order valence-corrected chi connectivity index (χ2v) is 5.08. The van der Waals surface area contributed by atoms with Crippen LogP contribution in [0.15, 0.2) is 42.5 Å². The van der Waals surface area contributed by atoms with Gasteiger partial charge in [-0.05, 0) is 42.3 Å². The largest absolute Gasteiger partial charge is 0.490 e. The van der Waals surface area contributed by atoms with Gasteiger partial charge in [-0.3, -0.25) is 0 Å². The van der Waals surface area contributed by atoms with Gasteiger partial charge < -0.3 is 14.6 Å². The number of aryl methyl sites for hydroxylation is 1. The molecule has 0 fully saturated rings. The SMILES string of the molecule is CCc1ccc(OCCOc2ccc(Cl)cc2C(=O)O)cc1. The summed E-state index contributed by atoms with van der Waals surface area (Å²) < 4.78 is 11.0. The molecule has 22 heavy (non-hydrogen) atoms. The second kappa shape index (κ2) is 7.71. The minimum Gasteiger partial charge on any atom is -0.490 e. The third-order valence-corrected chi connectivity index (χ3v) is 3.35. The van der Waals surface area contributed by atoms with Crippen LogP contribution in [0.25, 0.3) is 0 Å². The Hall–Kier alpha value is -2.20. The maximum Gasteiger partial charge on any atom is 0.339 e. The van der Waals surface area contributed by atoms with Gasteiger partial charge in [0.1, 0.15) is 30.3 Å². The van der Waals surface area contributed by atoms with Crippen molar-refractivity contribution in [1.29, 1.82) is 0 Å². The molecule has 0 aliphatic heterocycles. The number of halogens is 1. The van der Waals surface area contributed by atoms with E-state index in [1.54, 1.807) is 12.1 Å². The maximum atomic E-state index is 11.1. The quantitative estimate of drug-likeness (QED) is 0.782. The van der Waals surface area contributed by atoms with Crippen molar-refractivity contribution >= 4 is 17.6 Å². The molecule has 0 spiro atoms. The minimum atomic E-state index is -1.08. The number of aromatic carboxylic acids is 1. The summed E-state index contributed by atoms with van der Waals surface area (Å²) in [4.78, 5) is 11.1. The highest BCUT2D eigenvalue weighted by Gasteiger charge is 2.11. The molecule has 0 amide bonds. The lowest BCUT2D eigenvalue weighted by atomic mass is 10.2. The monoisotopic (exact) mass is 320 g/mol. The normalized spacial score (nSPS) is 10.3. The summed E-state index contributed by atoms with van der Waals surface area (Å²) >= 11 is 5.78. The lowest BCUT2D eigenvalue weighted by molar-refractivity contribution is 0.0691. The van der Waals surface area contributed by atoms with E-state index in [1.165, 1.54) is 11.6 Å². The first-order valence-electron chi connectivity index (χ1n) is 6.97. The third kappa shape index (κ3) is 4.40. The van der Waals surface area contributed by atoms with Crippen LogP contribution in [0.5, 0.6) is 11.5 Å². The fourth-order valence-electron chi connectivity index (χ4n) is 1.93. The van der Waals surface area contributed by atoms with E-state index in [2.05, 4.69) is 6.92 Å². The predicted molar refractivity (Wildman–Crippen MR) is 85.2 cm³/mol. The fourth-order valence-corrected chi connectivity index (χ4v) is 2.10. The third-order valence-electron chi connectivity index (χ3n) is 3.11. The van der Waals surface area contributed by atoms with Crippen LogP contribution < -0.4 is 9.47 Å². The fraction of sp³-hybridized carbons (Fsp3) is 0.235. The predicted octanol–water partition coefficient (Wildman–Crippen LogP) is 4.06. The summed E-state index contributed by atoms with van der Waals surface area (Å²) in [6.45, 7) is 2.67. The van der Waals surface area contributed by atoms with Gasteiger partial charge in [0.25, 0.3) is 0 Å². The zero-order valence-corrected chi connectivity index (χ0v) is 13.0. The van der Waals surface area contributed by atoms with Gasteiger partial charge in [-0.25, -0.2) is 4.79 Å². The van der Waals surface area contributed by atoms with Crippen molar-refractivity contribution in [2.75, 3.05) is 13.2 Å². The lowest BCUT2D eigenvalue weighted by Crippen LogP contribution is -2.11. The molecule has 0 bridgehead atoms. The van der Waals surface area contributed by atoms with E-state index in [4.69, 9.17) is 26.2 Å². The maximum absolute atomic E-state index is 11.1. The van der Waals surface area contributed by atoms with Crippen LogP contribution in [-0.2, 0) is 6.42 Å². The van der Waals surface area contributed by atoms with E-state index >= 15 is 0 Å². The summed E-state index contributed by atoms with van der Waals surface area (Å²) in [6.07, 6.45) is 0.984. The highest BCUT2D eigenvalue weighted by atomic mass is 35.5. The molecule has 0 saturated carbocycles.